The second-order valence-corrected chi connectivity index (χ2v) is 10.4. The third-order valence-electron chi connectivity index (χ3n) is 6.02. The first kappa shape index (κ1) is 28.2. The zero-order valence-corrected chi connectivity index (χ0v) is 23.1. The topological polar surface area (TPSA) is 107 Å². The van der Waals surface area contributed by atoms with Gasteiger partial charge >= 0.3 is 0 Å². The number of sulfonamides is 1. The largest absolute Gasteiger partial charge is 0.497 e. The van der Waals surface area contributed by atoms with Gasteiger partial charge in [-0.1, -0.05) is 42.5 Å². The van der Waals surface area contributed by atoms with Gasteiger partial charge in [-0.2, -0.15) is 5.10 Å². The van der Waals surface area contributed by atoms with Crippen LogP contribution in [-0.2, 0) is 16.6 Å². The molecular weight excluding hydrogens is 530 g/mol. The first-order valence-electron chi connectivity index (χ1n) is 12.2. The number of anilines is 1. The van der Waals surface area contributed by atoms with Crippen molar-refractivity contribution in [1.29, 1.82) is 0 Å². The smallest absolute Gasteiger partial charge is 0.273 e. The molecule has 0 aliphatic rings. The van der Waals surface area contributed by atoms with Crippen molar-refractivity contribution in [3.63, 3.8) is 0 Å². The molecule has 0 bridgehead atoms. The Labute approximate surface area is 233 Å². The molecule has 1 N–H and O–H groups in total. The Hall–Kier alpha value is -4.83. The number of benzene rings is 4. The molecule has 0 fully saturated rings. The van der Waals surface area contributed by atoms with Crippen molar-refractivity contribution < 1.29 is 27.4 Å². The van der Waals surface area contributed by atoms with E-state index in [1.54, 1.807) is 61.7 Å². The first-order chi connectivity index (χ1) is 19.4. The molecule has 0 spiro atoms. The lowest BCUT2D eigenvalue weighted by Gasteiger charge is -2.26. The molecular formula is C30H29N3O6S. The van der Waals surface area contributed by atoms with E-state index in [0.29, 0.717) is 22.8 Å². The average Bonchev–Trinajstić information content (AvgIpc) is 3.00. The van der Waals surface area contributed by atoms with Gasteiger partial charge in [0.1, 0.15) is 5.75 Å². The van der Waals surface area contributed by atoms with Crippen molar-refractivity contribution in [2.75, 3.05) is 25.6 Å². The van der Waals surface area contributed by atoms with E-state index in [1.165, 1.54) is 36.9 Å². The van der Waals surface area contributed by atoms with E-state index >= 15 is 0 Å². The summed E-state index contributed by atoms with van der Waals surface area (Å²) in [5.74, 6) is 1.04. The lowest BCUT2D eigenvalue weighted by molar-refractivity contribution is 0.0955. The number of methoxy groups -OCH3 is 3. The van der Waals surface area contributed by atoms with Gasteiger partial charge in [0.15, 0.2) is 11.5 Å². The summed E-state index contributed by atoms with van der Waals surface area (Å²) >= 11 is 0. The van der Waals surface area contributed by atoms with Crippen LogP contribution in [0.15, 0.2) is 107 Å². The lowest BCUT2D eigenvalue weighted by Crippen LogP contribution is -2.33. The van der Waals surface area contributed by atoms with Crippen LogP contribution in [0.1, 0.15) is 21.5 Å². The highest BCUT2D eigenvalue weighted by Gasteiger charge is 2.28. The molecule has 0 radical (unpaired) electrons. The summed E-state index contributed by atoms with van der Waals surface area (Å²) in [6.45, 7) is 0.00834. The van der Waals surface area contributed by atoms with Crippen LogP contribution in [0.5, 0.6) is 17.2 Å². The van der Waals surface area contributed by atoms with Gasteiger partial charge < -0.3 is 14.2 Å². The molecule has 1 amide bonds. The second kappa shape index (κ2) is 12.8. The number of para-hydroxylation sites is 1. The summed E-state index contributed by atoms with van der Waals surface area (Å²) in [6, 6.07) is 27.0. The predicted octanol–water partition coefficient (Wildman–Crippen LogP) is 4.87. The summed E-state index contributed by atoms with van der Waals surface area (Å²) in [7, 11) is 0.497. The highest BCUT2D eigenvalue weighted by atomic mass is 32.2. The van der Waals surface area contributed by atoms with E-state index < -0.39 is 15.9 Å². The van der Waals surface area contributed by atoms with Gasteiger partial charge in [-0.3, -0.25) is 9.10 Å². The van der Waals surface area contributed by atoms with Gasteiger partial charge in [-0.25, -0.2) is 13.8 Å². The fourth-order valence-corrected chi connectivity index (χ4v) is 5.44. The minimum Gasteiger partial charge on any atom is -0.497 e. The fourth-order valence-electron chi connectivity index (χ4n) is 3.97. The Morgan fingerprint density at radius 2 is 1.50 bits per heavy atom. The maximum Gasteiger partial charge on any atom is 0.273 e. The molecule has 4 aromatic rings. The summed E-state index contributed by atoms with van der Waals surface area (Å²) < 4.78 is 44.8. The monoisotopic (exact) mass is 559 g/mol. The summed E-state index contributed by atoms with van der Waals surface area (Å²) in [6.07, 6.45) is 1.46. The number of amides is 1. The highest BCUT2D eigenvalue weighted by Crippen LogP contribution is 2.30. The molecule has 206 valence electrons. The van der Waals surface area contributed by atoms with Crippen LogP contribution in [0, 0.1) is 0 Å². The van der Waals surface area contributed by atoms with E-state index in [9.17, 15) is 13.2 Å². The van der Waals surface area contributed by atoms with Gasteiger partial charge in [0.05, 0.1) is 50.2 Å². The van der Waals surface area contributed by atoms with Gasteiger partial charge in [0.2, 0.25) is 0 Å². The van der Waals surface area contributed by atoms with Crippen molar-refractivity contribution in [2.24, 2.45) is 5.10 Å². The normalized spacial score (nSPS) is 11.2. The van der Waals surface area contributed by atoms with Crippen LogP contribution in [0.4, 0.5) is 5.69 Å². The van der Waals surface area contributed by atoms with Crippen molar-refractivity contribution in [3.8, 4) is 17.2 Å². The summed E-state index contributed by atoms with van der Waals surface area (Å²) in [5.41, 5.74) is 4.26. The van der Waals surface area contributed by atoms with E-state index in [4.69, 9.17) is 14.2 Å². The van der Waals surface area contributed by atoms with Crippen LogP contribution in [0.25, 0.3) is 0 Å². The summed E-state index contributed by atoms with van der Waals surface area (Å²) in [5, 5.41) is 4.07. The SMILES string of the molecule is COc1ccc(S(=O)(=O)N(Cc2ccccc2)c2ccccc2C(=O)N/N=C\c2ccc(OC)c(OC)c2)cc1. The lowest BCUT2D eigenvalue weighted by atomic mass is 10.1. The minimum absolute atomic E-state index is 0.00834. The third-order valence-corrected chi connectivity index (χ3v) is 7.80. The van der Waals surface area contributed by atoms with Gasteiger partial charge in [-0.05, 0) is 65.7 Å². The zero-order valence-electron chi connectivity index (χ0n) is 22.3. The average molecular weight is 560 g/mol. The number of hydrogen-bond donors (Lipinski definition) is 1. The highest BCUT2D eigenvalue weighted by molar-refractivity contribution is 7.92. The molecule has 9 nitrogen and oxygen atoms in total. The molecule has 10 heteroatoms. The van der Waals surface area contributed by atoms with Crippen molar-refractivity contribution >= 4 is 27.8 Å². The maximum atomic E-state index is 13.9. The van der Waals surface area contributed by atoms with Gasteiger partial charge in [0, 0.05) is 0 Å². The minimum atomic E-state index is -4.08. The predicted molar refractivity (Wildman–Crippen MR) is 154 cm³/mol. The van der Waals surface area contributed by atoms with Crippen molar-refractivity contribution in [3.05, 3.63) is 114 Å². The molecule has 4 rings (SSSR count). The van der Waals surface area contributed by atoms with Crippen LogP contribution >= 0.6 is 0 Å². The molecule has 40 heavy (non-hydrogen) atoms. The van der Waals surface area contributed by atoms with E-state index in [2.05, 4.69) is 10.5 Å². The Balaban J connectivity index is 1.67. The first-order valence-corrected chi connectivity index (χ1v) is 13.7. The molecule has 0 saturated carbocycles. The quantitative estimate of drug-likeness (QED) is 0.208. The standard InChI is InChI=1S/C30H29N3O6S/c1-37-24-14-16-25(17-15-24)40(35,36)33(21-22-9-5-4-6-10-22)27-12-8-7-11-26(27)30(34)32-31-20-23-13-18-28(38-2)29(19-23)39-3/h4-20H,21H2,1-3H3,(H,32,34)/b31-20-. The molecule has 0 aliphatic carbocycles. The number of nitrogens with one attached hydrogen (secondary N) is 1. The van der Waals surface area contributed by atoms with Crippen molar-refractivity contribution in [2.45, 2.75) is 11.4 Å². The molecule has 0 aromatic heterocycles. The Bertz CT molecular complexity index is 1590. The number of ether oxygens (including phenoxy) is 3. The van der Waals surface area contributed by atoms with Crippen LogP contribution in [0.2, 0.25) is 0 Å². The fraction of sp³-hybridized carbons (Fsp3) is 0.133. The molecule has 0 unspecified atom stereocenters. The van der Waals surface area contributed by atoms with E-state index in [0.717, 1.165) is 5.56 Å². The summed E-state index contributed by atoms with van der Waals surface area (Å²) in [4.78, 5) is 13.3. The number of hydrazone groups is 1. The van der Waals surface area contributed by atoms with Gasteiger partial charge in [-0.15, -0.1) is 0 Å². The number of nitrogens with zero attached hydrogens (tertiary/aromatic N) is 2. The Kier molecular flexibility index (Phi) is 9.03. The zero-order chi connectivity index (χ0) is 28.5. The number of rotatable bonds is 11. The maximum absolute atomic E-state index is 13.9. The second-order valence-electron chi connectivity index (χ2n) is 8.50. The molecule has 4 aromatic carbocycles. The van der Waals surface area contributed by atoms with Crippen LogP contribution < -0.4 is 23.9 Å². The number of hydrogen-bond acceptors (Lipinski definition) is 7. The third kappa shape index (κ3) is 6.41. The van der Waals surface area contributed by atoms with E-state index in [1.807, 2.05) is 30.3 Å². The number of carbonyl (C=O) groups is 1. The van der Waals surface area contributed by atoms with Crippen LogP contribution in [-0.4, -0.2) is 41.9 Å². The molecule has 0 aliphatic heterocycles. The van der Waals surface area contributed by atoms with Gasteiger partial charge in [0.25, 0.3) is 15.9 Å². The van der Waals surface area contributed by atoms with Crippen molar-refractivity contribution in [1.82, 2.24) is 5.43 Å². The van der Waals surface area contributed by atoms with Crippen LogP contribution in [0.3, 0.4) is 0 Å². The molecule has 0 atom stereocenters. The molecule has 0 saturated heterocycles. The Morgan fingerprint density at radius 1 is 0.825 bits per heavy atom. The Morgan fingerprint density at radius 3 is 2.17 bits per heavy atom. The molecule has 0 heterocycles. The van der Waals surface area contributed by atoms with E-state index in [-0.39, 0.29) is 22.7 Å². The number of carbonyl (C=O) groups excluding carboxylic acids is 1.